The van der Waals surface area contributed by atoms with Gasteiger partial charge in [0.15, 0.2) is 0 Å². The minimum atomic E-state index is 1.00. The van der Waals surface area contributed by atoms with Crippen molar-refractivity contribution in [3.63, 3.8) is 0 Å². The van der Waals surface area contributed by atoms with E-state index in [1.807, 2.05) is 6.07 Å². The molecule has 0 aliphatic heterocycles. The van der Waals surface area contributed by atoms with E-state index < -0.39 is 0 Å². The maximum Gasteiger partial charge on any atom is 0.124 e. The maximum absolute atomic E-state index is 5.38. The highest BCUT2D eigenvalue weighted by Gasteiger charge is 2.17. The molecule has 8 rings (SSSR count). The molecule has 2 nitrogen and oxygen atoms in total. The first-order chi connectivity index (χ1) is 20.3. The Morgan fingerprint density at radius 1 is 0.415 bits per heavy atom. The fourth-order valence-corrected chi connectivity index (χ4v) is 6.74. The average molecular weight is 541 g/mol. The van der Waals surface area contributed by atoms with E-state index in [-0.39, 0.29) is 0 Å². The monoisotopic (exact) mass is 540 g/mol. The number of aromatic nitrogens is 2. The highest BCUT2D eigenvalue weighted by Crippen LogP contribution is 2.41. The van der Waals surface area contributed by atoms with Crippen LogP contribution in [0.4, 0.5) is 0 Å². The largest absolute Gasteiger partial charge is 0.246 e. The molecule has 0 N–H and O–H groups in total. The predicted molar refractivity (Wildman–Crippen MR) is 174 cm³/mol. The Balaban J connectivity index is 1.36. The summed E-state index contributed by atoms with van der Waals surface area (Å²) in [5.41, 5.74) is 9.99. The molecule has 0 atom stereocenters. The summed E-state index contributed by atoms with van der Waals surface area (Å²) in [6, 6.07) is 51.4. The number of rotatable bonds is 4. The molecule has 2 aromatic heterocycles. The zero-order valence-electron chi connectivity index (χ0n) is 22.2. The molecule has 0 saturated carbocycles. The standard InChI is InChI=1S/C38H24N2S/c1-3-11-25(12-4-1)29-15-9-17-31-35(29)32-18-10-16-30(37(32)40-36(31)27-13-5-2-6-14-27)26-21-23-28(24-22-26)38-39-33-19-7-8-20-34(33)41-38/h1-24H. The van der Waals surface area contributed by atoms with E-state index in [1.54, 1.807) is 11.3 Å². The number of fused-ring (bicyclic) bond motifs is 4. The van der Waals surface area contributed by atoms with Crippen LogP contribution < -0.4 is 0 Å². The number of hydrogen-bond acceptors (Lipinski definition) is 3. The Kier molecular flexibility index (Phi) is 5.68. The van der Waals surface area contributed by atoms with Crippen molar-refractivity contribution in [3.05, 3.63) is 146 Å². The van der Waals surface area contributed by atoms with Crippen LogP contribution in [0.3, 0.4) is 0 Å². The molecule has 6 aromatic carbocycles. The molecular formula is C38H24N2S. The van der Waals surface area contributed by atoms with Gasteiger partial charge in [0, 0.05) is 32.8 Å². The van der Waals surface area contributed by atoms with Crippen LogP contribution in [0.2, 0.25) is 0 Å². The molecule has 0 bridgehead atoms. The van der Waals surface area contributed by atoms with Gasteiger partial charge in [0.25, 0.3) is 0 Å². The van der Waals surface area contributed by atoms with Crippen LogP contribution in [0.1, 0.15) is 0 Å². The van der Waals surface area contributed by atoms with Gasteiger partial charge in [0.05, 0.1) is 21.4 Å². The third-order valence-electron chi connectivity index (χ3n) is 7.72. The van der Waals surface area contributed by atoms with Crippen LogP contribution >= 0.6 is 11.3 Å². The SMILES string of the molecule is c1ccc(-c2nc3c(-c4ccc(-c5nc6ccccc6s5)cc4)cccc3c3c(-c4ccccc4)cccc23)cc1. The summed E-state index contributed by atoms with van der Waals surface area (Å²) < 4.78 is 1.21. The van der Waals surface area contributed by atoms with Crippen molar-refractivity contribution in [1.29, 1.82) is 0 Å². The van der Waals surface area contributed by atoms with Crippen molar-refractivity contribution in [2.45, 2.75) is 0 Å². The highest BCUT2D eigenvalue weighted by molar-refractivity contribution is 7.21. The highest BCUT2D eigenvalue weighted by atomic mass is 32.1. The van der Waals surface area contributed by atoms with Crippen molar-refractivity contribution in [1.82, 2.24) is 9.97 Å². The maximum atomic E-state index is 5.38. The van der Waals surface area contributed by atoms with Crippen molar-refractivity contribution in [2.75, 3.05) is 0 Å². The van der Waals surface area contributed by atoms with Gasteiger partial charge in [-0.05, 0) is 28.8 Å². The van der Waals surface area contributed by atoms with Crippen LogP contribution in [0.5, 0.6) is 0 Å². The first kappa shape index (κ1) is 23.7. The molecule has 0 amide bonds. The second kappa shape index (κ2) is 9.81. The Hall–Kier alpha value is -5.12. The smallest absolute Gasteiger partial charge is 0.124 e. The van der Waals surface area contributed by atoms with Gasteiger partial charge in [-0.25, -0.2) is 9.97 Å². The molecule has 0 spiro atoms. The van der Waals surface area contributed by atoms with E-state index in [2.05, 4.69) is 140 Å². The summed E-state index contributed by atoms with van der Waals surface area (Å²) >= 11 is 1.73. The van der Waals surface area contributed by atoms with E-state index in [4.69, 9.17) is 9.97 Å². The van der Waals surface area contributed by atoms with E-state index in [0.717, 1.165) is 54.8 Å². The lowest BCUT2D eigenvalue weighted by Gasteiger charge is -2.16. The summed E-state index contributed by atoms with van der Waals surface area (Å²) in [7, 11) is 0. The molecule has 192 valence electrons. The molecule has 41 heavy (non-hydrogen) atoms. The zero-order chi connectivity index (χ0) is 27.2. The van der Waals surface area contributed by atoms with Crippen molar-refractivity contribution in [2.24, 2.45) is 0 Å². The average Bonchev–Trinajstić information content (AvgIpc) is 3.49. The fraction of sp³-hybridized carbons (Fsp3) is 0. The number of hydrogen-bond donors (Lipinski definition) is 0. The van der Waals surface area contributed by atoms with Gasteiger partial charge in [0.1, 0.15) is 5.01 Å². The number of nitrogens with zero attached hydrogens (tertiary/aromatic N) is 2. The minimum Gasteiger partial charge on any atom is -0.246 e. The molecule has 2 heterocycles. The van der Waals surface area contributed by atoms with Crippen molar-refractivity contribution in [3.8, 4) is 44.1 Å². The number of thiazole rings is 1. The number of pyridine rings is 1. The number of para-hydroxylation sites is 2. The zero-order valence-corrected chi connectivity index (χ0v) is 23.0. The molecular weight excluding hydrogens is 516 g/mol. The molecule has 0 radical (unpaired) electrons. The summed E-state index contributed by atoms with van der Waals surface area (Å²) in [6.07, 6.45) is 0. The Labute approximate surface area is 242 Å². The molecule has 0 aliphatic carbocycles. The Morgan fingerprint density at radius 2 is 1.02 bits per heavy atom. The minimum absolute atomic E-state index is 1.00. The lowest BCUT2D eigenvalue weighted by atomic mass is 9.91. The molecule has 8 aromatic rings. The second-order valence-electron chi connectivity index (χ2n) is 10.2. The molecule has 3 heteroatoms. The molecule has 0 aliphatic rings. The van der Waals surface area contributed by atoms with Gasteiger partial charge in [-0.1, -0.05) is 133 Å². The van der Waals surface area contributed by atoms with E-state index >= 15 is 0 Å². The summed E-state index contributed by atoms with van der Waals surface area (Å²) in [6.45, 7) is 0. The van der Waals surface area contributed by atoms with Gasteiger partial charge in [-0.3, -0.25) is 0 Å². The third kappa shape index (κ3) is 4.10. The van der Waals surface area contributed by atoms with E-state index in [9.17, 15) is 0 Å². The van der Waals surface area contributed by atoms with Gasteiger partial charge in [0.2, 0.25) is 0 Å². The van der Waals surface area contributed by atoms with E-state index in [0.29, 0.717) is 0 Å². The first-order valence-electron chi connectivity index (χ1n) is 13.8. The Morgan fingerprint density at radius 3 is 1.78 bits per heavy atom. The molecule has 0 unspecified atom stereocenters. The van der Waals surface area contributed by atoms with Crippen LogP contribution in [0.15, 0.2) is 146 Å². The lowest BCUT2D eigenvalue weighted by molar-refractivity contribution is 1.42. The van der Waals surface area contributed by atoms with Gasteiger partial charge < -0.3 is 0 Å². The predicted octanol–water partition coefficient (Wildman–Crippen LogP) is 10.7. The van der Waals surface area contributed by atoms with E-state index in [1.165, 1.54) is 21.2 Å². The topological polar surface area (TPSA) is 25.8 Å². The van der Waals surface area contributed by atoms with Gasteiger partial charge in [-0.2, -0.15) is 0 Å². The van der Waals surface area contributed by atoms with Crippen LogP contribution in [0, 0.1) is 0 Å². The van der Waals surface area contributed by atoms with Crippen molar-refractivity contribution < 1.29 is 0 Å². The second-order valence-corrected chi connectivity index (χ2v) is 11.2. The third-order valence-corrected chi connectivity index (χ3v) is 8.80. The summed E-state index contributed by atoms with van der Waals surface area (Å²) in [5, 5.41) is 4.59. The normalized spacial score (nSPS) is 11.4. The molecule has 0 fully saturated rings. The van der Waals surface area contributed by atoms with Gasteiger partial charge in [-0.15, -0.1) is 11.3 Å². The summed E-state index contributed by atoms with van der Waals surface area (Å²) in [5.74, 6) is 0. The van der Waals surface area contributed by atoms with Crippen LogP contribution in [0.25, 0.3) is 76.0 Å². The lowest BCUT2D eigenvalue weighted by Crippen LogP contribution is -1.94. The van der Waals surface area contributed by atoms with Crippen LogP contribution in [-0.4, -0.2) is 9.97 Å². The number of benzene rings is 6. The molecule has 0 saturated heterocycles. The van der Waals surface area contributed by atoms with Gasteiger partial charge >= 0.3 is 0 Å². The fourth-order valence-electron chi connectivity index (χ4n) is 5.77. The summed E-state index contributed by atoms with van der Waals surface area (Å²) in [4.78, 5) is 10.2. The van der Waals surface area contributed by atoms with Crippen LogP contribution in [-0.2, 0) is 0 Å². The quantitative estimate of drug-likeness (QED) is 0.208. The van der Waals surface area contributed by atoms with Crippen molar-refractivity contribution >= 4 is 43.2 Å². The first-order valence-corrected chi connectivity index (χ1v) is 14.6. The Bertz CT molecular complexity index is 2150.